The van der Waals surface area contributed by atoms with Gasteiger partial charge in [0.2, 0.25) is 5.91 Å². The van der Waals surface area contributed by atoms with Crippen molar-refractivity contribution < 1.29 is 9.90 Å². The molecule has 0 radical (unpaired) electrons. The second-order valence-corrected chi connectivity index (χ2v) is 4.89. The van der Waals surface area contributed by atoms with Crippen LogP contribution < -0.4 is 5.73 Å². The average molecular weight is 216 g/mol. The minimum absolute atomic E-state index is 0.0113. The monoisotopic (exact) mass is 216 g/mol. The summed E-state index contributed by atoms with van der Waals surface area (Å²) >= 11 is 0. The second-order valence-electron chi connectivity index (χ2n) is 4.89. The first-order valence-electron chi connectivity index (χ1n) is 5.49. The first-order valence-corrected chi connectivity index (χ1v) is 5.49. The zero-order valence-corrected chi connectivity index (χ0v) is 10.3. The number of carbonyl (C=O) groups excluding carboxylic acids is 1. The molecule has 0 aliphatic rings. The molecule has 0 saturated carbocycles. The van der Waals surface area contributed by atoms with Gasteiger partial charge in [-0.1, -0.05) is 27.7 Å². The highest BCUT2D eigenvalue weighted by molar-refractivity contribution is 5.82. The molecule has 4 nitrogen and oxygen atoms in total. The number of aliphatic hydroxyl groups is 1. The van der Waals surface area contributed by atoms with Gasteiger partial charge in [0.15, 0.2) is 0 Å². The Labute approximate surface area is 92.4 Å². The summed E-state index contributed by atoms with van der Waals surface area (Å²) in [5.41, 5.74) is 5.65. The van der Waals surface area contributed by atoms with Gasteiger partial charge < -0.3 is 15.7 Å². The number of amides is 1. The van der Waals surface area contributed by atoms with Crippen LogP contribution in [0.5, 0.6) is 0 Å². The van der Waals surface area contributed by atoms with Gasteiger partial charge in [0.05, 0.1) is 12.6 Å². The SMILES string of the molecule is CCCN(CCO)C(=O)[C@@H](N)C(C)(C)C. The van der Waals surface area contributed by atoms with E-state index in [1.54, 1.807) is 4.90 Å². The number of hydrogen-bond acceptors (Lipinski definition) is 3. The van der Waals surface area contributed by atoms with Crippen molar-refractivity contribution in [3.05, 3.63) is 0 Å². The van der Waals surface area contributed by atoms with Crippen molar-refractivity contribution in [3.8, 4) is 0 Å². The number of nitrogens with zero attached hydrogens (tertiary/aromatic N) is 1. The molecule has 4 heteroatoms. The Morgan fingerprint density at radius 3 is 2.27 bits per heavy atom. The maximum atomic E-state index is 12.0. The Morgan fingerprint density at radius 2 is 1.93 bits per heavy atom. The minimum atomic E-state index is -0.504. The molecule has 3 N–H and O–H groups in total. The summed E-state index contributed by atoms with van der Waals surface area (Å²) in [6, 6.07) is -0.504. The van der Waals surface area contributed by atoms with Gasteiger partial charge in [0.25, 0.3) is 0 Å². The quantitative estimate of drug-likeness (QED) is 0.707. The van der Waals surface area contributed by atoms with Crippen LogP contribution in [0.25, 0.3) is 0 Å². The van der Waals surface area contributed by atoms with Gasteiger partial charge in [-0.15, -0.1) is 0 Å². The van der Waals surface area contributed by atoms with Gasteiger partial charge in [-0.3, -0.25) is 4.79 Å². The van der Waals surface area contributed by atoms with Crippen molar-refractivity contribution in [2.45, 2.75) is 40.2 Å². The standard InChI is InChI=1S/C11H24N2O2/c1-5-6-13(7-8-14)10(15)9(12)11(2,3)4/h9,14H,5-8,12H2,1-4H3/t9-/m1/s1. The first kappa shape index (κ1) is 14.4. The van der Waals surface area contributed by atoms with Crippen LogP contribution in [0.4, 0.5) is 0 Å². The van der Waals surface area contributed by atoms with Crippen LogP contribution in [-0.2, 0) is 4.79 Å². The summed E-state index contributed by atoms with van der Waals surface area (Å²) in [7, 11) is 0. The second kappa shape index (κ2) is 6.08. The van der Waals surface area contributed by atoms with E-state index in [1.165, 1.54) is 0 Å². The van der Waals surface area contributed by atoms with Crippen LogP contribution in [0.15, 0.2) is 0 Å². The van der Waals surface area contributed by atoms with E-state index in [9.17, 15) is 4.79 Å². The summed E-state index contributed by atoms with van der Waals surface area (Å²) in [6.45, 7) is 8.85. The Morgan fingerprint density at radius 1 is 1.40 bits per heavy atom. The van der Waals surface area contributed by atoms with Gasteiger partial charge >= 0.3 is 0 Å². The van der Waals surface area contributed by atoms with Crippen molar-refractivity contribution in [2.75, 3.05) is 19.7 Å². The average Bonchev–Trinajstić information content (AvgIpc) is 2.14. The highest BCUT2D eigenvalue weighted by Gasteiger charge is 2.30. The van der Waals surface area contributed by atoms with E-state index in [0.29, 0.717) is 13.1 Å². The van der Waals surface area contributed by atoms with E-state index in [1.807, 2.05) is 27.7 Å². The summed E-state index contributed by atoms with van der Waals surface area (Å²) in [5.74, 6) is -0.0709. The molecular formula is C11H24N2O2. The van der Waals surface area contributed by atoms with Crippen molar-refractivity contribution in [1.82, 2.24) is 4.90 Å². The molecule has 1 amide bonds. The fourth-order valence-corrected chi connectivity index (χ4v) is 1.29. The normalized spacial score (nSPS) is 13.7. The Bertz CT molecular complexity index is 193. The van der Waals surface area contributed by atoms with E-state index in [0.717, 1.165) is 6.42 Å². The topological polar surface area (TPSA) is 66.6 Å². The van der Waals surface area contributed by atoms with Crippen molar-refractivity contribution in [2.24, 2.45) is 11.1 Å². The molecule has 0 heterocycles. The number of rotatable bonds is 5. The smallest absolute Gasteiger partial charge is 0.240 e. The summed E-state index contributed by atoms with van der Waals surface area (Å²) < 4.78 is 0. The molecule has 0 rings (SSSR count). The Hall–Kier alpha value is -0.610. The predicted molar refractivity (Wildman–Crippen MR) is 61.4 cm³/mol. The number of carbonyl (C=O) groups is 1. The number of aliphatic hydroxyl groups excluding tert-OH is 1. The van der Waals surface area contributed by atoms with Gasteiger partial charge in [0.1, 0.15) is 0 Å². The first-order chi connectivity index (χ1) is 6.84. The molecule has 1 atom stereocenters. The molecule has 0 fully saturated rings. The van der Waals surface area contributed by atoms with Crippen molar-refractivity contribution in [3.63, 3.8) is 0 Å². The van der Waals surface area contributed by atoms with Crippen molar-refractivity contribution in [1.29, 1.82) is 0 Å². The fraction of sp³-hybridized carbons (Fsp3) is 0.909. The highest BCUT2D eigenvalue weighted by atomic mass is 16.3. The molecule has 0 aromatic rings. The van der Waals surface area contributed by atoms with Gasteiger partial charge in [-0.25, -0.2) is 0 Å². The molecule has 90 valence electrons. The third kappa shape index (κ3) is 4.62. The van der Waals surface area contributed by atoms with Crippen LogP contribution in [0, 0.1) is 5.41 Å². The molecule has 15 heavy (non-hydrogen) atoms. The molecule has 0 aromatic carbocycles. The molecule has 0 aromatic heterocycles. The van der Waals surface area contributed by atoms with E-state index in [-0.39, 0.29) is 17.9 Å². The fourth-order valence-electron chi connectivity index (χ4n) is 1.29. The summed E-state index contributed by atoms with van der Waals surface area (Å²) in [6.07, 6.45) is 0.878. The van der Waals surface area contributed by atoms with Gasteiger partial charge in [-0.05, 0) is 11.8 Å². The highest BCUT2D eigenvalue weighted by Crippen LogP contribution is 2.19. The Kier molecular flexibility index (Phi) is 5.83. The largest absolute Gasteiger partial charge is 0.395 e. The maximum absolute atomic E-state index is 12.0. The van der Waals surface area contributed by atoms with E-state index in [4.69, 9.17) is 10.8 Å². The van der Waals surface area contributed by atoms with Crippen LogP contribution in [0.2, 0.25) is 0 Å². The van der Waals surface area contributed by atoms with Crippen LogP contribution >= 0.6 is 0 Å². The molecule has 0 aliphatic carbocycles. The summed E-state index contributed by atoms with van der Waals surface area (Å²) in [5, 5.41) is 8.86. The molecule has 0 aliphatic heterocycles. The third-order valence-electron chi connectivity index (χ3n) is 2.37. The summed E-state index contributed by atoms with van der Waals surface area (Å²) in [4.78, 5) is 13.6. The predicted octanol–water partition coefficient (Wildman–Crippen LogP) is 0.591. The lowest BCUT2D eigenvalue weighted by molar-refractivity contribution is -0.135. The van der Waals surface area contributed by atoms with E-state index >= 15 is 0 Å². The molecule has 0 bridgehead atoms. The molecule has 0 unspecified atom stereocenters. The van der Waals surface area contributed by atoms with Gasteiger partial charge in [-0.2, -0.15) is 0 Å². The van der Waals surface area contributed by atoms with Crippen LogP contribution in [-0.4, -0.2) is 41.7 Å². The van der Waals surface area contributed by atoms with E-state index in [2.05, 4.69) is 0 Å². The lowest BCUT2D eigenvalue weighted by Gasteiger charge is -2.31. The van der Waals surface area contributed by atoms with Crippen LogP contribution in [0.3, 0.4) is 0 Å². The number of hydrogen-bond donors (Lipinski definition) is 2. The number of nitrogens with two attached hydrogens (primary N) is 1. The lowest BCUT2D eigenvalue weighted by Crippen LogP contribution is -2.51. The molecular weight excluding hydrogens is 192 g/mol. The molecule has 0 saturated heterocycles. The van der Waals surface area contributed by atoms with Crippen molar-refractivity contribution >= 4 is 5.91 Å². The maximum Gasteiger partial charge on any atom is 0.240 e. The molecule has 0 spiro atoms. The Balaban J connectivity index is 4.48. The zero-order chi connectivity index (χ0) is 12.1. The lowest BCUT2D eigenvalue weighted by atomic mass is 9.86. The zero-order valence-electron chi connectivity index (χ0n) is 10.3. The van der Waals surface area contributed by atoms with Crippen LogP contribution in [0.1, 0.15) is 34.1 Å². The minimum Gasteiger partial charge on any atom is -0.395 e. The van der Waals surface area contributed by atoms with E-state index < -0.39 is 6.04 Å². The van der Waals surface area contributed by atoms with Gasteiger partial charge in [0, 0.05) is 13.1 Å². The third-order valence-corrected chi connectivity index (χ3v) is 2.37.